The first-order valence-electron chi connectivity index (χ1n) is 5.45. The summed E-state index contributed by atoms with van der Waals surface area (Å²) < 4.78 is 0. The zero-order valence-electron chi connectivity index (χ0n) is 9.08. The van der Waals surface area contributed by atoms with E-state index in [2.05, 4.69) is 10.6 Å². The molecule has 0 heterocycles. The predicted octanol–water partition coefficient (Wildman–Crippen LogP) is -0.634. The van der Waals surface area contributed by atoms with Crippen LogP contribution in [0.5, 0.6) is 0 Å². The second-order valence-corrected chi connectivity index (χ2v) is 3.87. The van der Waals surface area contributed by atoms with Gasteiger partial charge in [0.2, 0.25) is 11.8 Å². The Morgan fingerprint density at radius 1 is 1.33 bits per heavy atom. The molecule has 5 heteroatoms. The number of carbonyl (C=O) groups is 2. The first kappa shape index (κ1) is 12.0. The quantitative estimate of drug-likeness (QED) is 0.581. The van der Waals surface area contributed by atoms with Gasteiger partial charge in [-0.05, 0) is 19.8 Å². The molecular formula is C10H19N3O2. The Morgan fingerprint density at radius 3 is 2.60 bits per heavy atom. The molecule has 86 valence electrons. The summed E-state index contributed by atoms with van der Waals surface area (Å²) >= 11 is 0. The highest BCUT2D eigenvalue weighted by Crippen LogP contribution is 2.23. The number of hydrogen-bond donors (Lipinski definition) is 3. The summed E-state index contributed by atoms with van der Waals surface area (Å²) in [5, 5.41) is 5.23. The summed E-state index contributed by atoms with van der Waals surface area (Å²) in [5.74, 6) is -0.358. The molecule has 0 saturated heterocycles. The summed E-state index contributed by atoms with van der Waals surface area (Å²) in [6, 6.07) is -0.0424. The van der Waals surface area contributed by atoms with E-state index in [0.29, 0.717) is 6.54 Å². The van der Waals surface area contributed by atoms with Crippen molar-refractivity contribution in [3.05, 3.63) is 0 Å². The topological polar surface area (TPSA) is 84.2 Å². The van der Waals surface area contributed by atoms with Gasteiger partial charge in [0, 0.05) is 12.6 Å². The third-order valence-electron chi connectivity index (χ3n) is 2.70. The van der Waals surface area contributed by atoms with Gasteiger partial charge in [0.1, 0.15) is 0 Å². The number of carbonyl (C=O) groups excluding carboxylic acids is 2. The summed E-state index contributed by atoms with van der Waals surface area (Å²) in [6.07, 6.45) is 2.74. The Bertz CT molecular complexity index is 243. The fraction of sp³-hybridized carbons (Fsp3) is 0.800. The molecule has 5 nitrogen and oxygen atoms in total. The van der Waals surface area contributed by atoms with Crippen molar-refractivity contribution in [3.63, 3.8) is 0 Å². The minimum atomic E-state index is -0.155. The van der Waals surface area contributed by atoms with Gasteiger partial charge in [-0.3, -0.25) is 9.59 Å². The van der Waals surface area contributed by atoms with Gasteiger partial charge in [0.25, 0.3) is 0 Å². The van der Waals surface area contributed by atoms with E-state index in [1.165, 1.54) is 0 Å². The van der Waals surface area contributed by atoms with Crippen molar-refractivity contribution in [2.45, 2.75) is 32.2 Å². The van der Waals surface area contributed by atoms with E-state index in [-0.39, 0.29) is 30.3 Å². The Balaban J connectivity index is 2.26. The number of rotatable bonds is 4. The molecule has 0 spiro atoms. The van der Waals surface area contributed by atoms with Crippen LogP contribution in [0.4, 0.5) is 0 Å². The summed E-state index contributed by atoms with van der Waals surface area (Å²) in [4.78, 5) is 22.7. The van der Waals surface area contributed by atoms with E-state index in [1.54, 1.807) is 0 Å². The first-order valence-corrected chi connectivity index (χ1v) is 5.45. The van der Waals surface area contributed by atoms with Crippen LogP contribution < -0.4 is 16.4 Å². The molecule has 15 heavy (non-hydrogen) atoms. The largest absolute Gasteiger partial charge is 0.355 e. The number of nitrogens with two attached hydrogens (primary N) is 1. The highest BCUT2D eigenvalue weighted by molar-refractivity contribution is 5.86. The minimum absolute atomic E-state index is 0.0424. The summed E-state index contributed by atoms with van der Waals surface area (Å²) in [5.41, 5.74) is 5.78. The van der Waals surface area contributed by atoms with Gasteiger partial charge in [-0.2, -0.15) is 0 Å². The van der Waals surface area contributed by atoms with Gasteiger partial charge in [0.15, 0.2) is 0 Å². The summed E-state index contributed by atoms with van der Waals surface area (Å²) in [7, 11) is 0. The van der Waals surface area contributed by atoms with Gasteiger partial charge in [-0.25, -0.2) is 0 Å². The maximum Gasteiger partial charge on any atom is 0.239 e. The molecule has 2 amide bonds. The zero-order valence-corrected chi connectivity index (χ0v) is 9.08. The summed E-state index contributed by atoms with van der Waals surface area (Å²) in [6.45, 7) is 2.47. The minimum Gasteiger partial charge on any atom is -0.355 e. The van der Waals surface area contributed by atoms with Gasteiger partial charge < -0.3 is 16.4 Å². The van der Waals surface area contributed by atoms with Crippen molar-refractivity contribution in [1.82, 2.24) is 10.6 Å². The average molecular weight is 213 g/mol. The lowest BCUT2D eigenvalue weighted by Crippen LogP contribution is -2.43. The Labute approximate surface area is 89.8 Å². The molecule has 4 N–H and O–H groups in total. The smallest absolute Gasteiger partial charge is 0.239 e. The van der Waals surface area contributed by atoms with Crippen molar-refractivity contribution in [2.75, 3.05) is 13.1 Å². The second kappa shape index (κ2) is 5.70. The van der Waals surface area contributed by atoms with Gasteiger partial charge in [-0.1, -0.05) is 6.42 Å². The van der Waals surface area contributed by atoms with E-state index < -0.39 is 0 Å². The number of hydrogen-bond acceptors (Lipinski definition) is 3. The number of likely N-dealkylation sites (N-methyl/N-ethyl adjacent to an activating group) is 1. The maximum absolute atomic E-state index is 11.6. The molecular weight excluding hydrogens is 194 g/mol. The molecule has 0 aromatic rings. The molecule has 0 aliphatic heterocycles. The zero-order chi connectivity index (χ0) is 11.3. The number of amides is 2. The molecule has 0 aromatic heterocycles. The second-order valence-electron chi connectivity index (χ2n) is 3.87. The third-order valence-corrected chi connectivity index (χ3v) is 2.70. The molecule has 2 unspecified atom stereocenters. The van der Waals surface area contributed by atoms with Crippen LogP contribution in [0, 0.1) is 5.92 Å². The fourth-order valence-electron chi connectivity index (χ4n) is 1.87. The Hall–Kier alpha value is -1.10. The Kier molecular flexibility index (Phi) is 4.55. The van der Waals surface area contributed by atoms with Crippen LogP contribution in [0.2, 0.25) is 0 Å². The molecule has 0 aromatic carbocycles. The molecule has 0 bridgehead atoms. The van der Waals surface area contributed by atoms with E-state index >= 15 is 0 Å². The third kappa shape index (κ3) is 3.51. The van der Waals surface area contributed by atoms with Crippen LogP contribution in [0.15, 0.2) is 0 Å². The molecule has 1 saturated carbocycles. The lowest BCUT2D eigenvalue weighted by molar-refractivity contribution is -0.128. The van der Waals surface area contributed by atoms with Crippen LogP contribution >= 0.6 is 0 Å². The van der Waals surface area contributed by atoms with Crippen LogP contribution in [0.3, 0.4) is 0 Å². The van der Waals surface area contributed by atoms with Crippen LogP contribution in [-0.4, -0.2) is 30.9 Å². The first-order chi connectivity index (χ1) is 7.15. The molecule has 1 rings (SSSR count). The van der Waals surface area contributed by atoms with Gasteiger partial charge in [0.05, 0.1) is 12.5 Å². The molecule has 0 radical (unpaired) electrons. The normalized spacial score (nSPS) is 24.9. The maximum atomic E-state index is 11.6. The van der Waals surface area contributed by atoms with Crippen LogP contribution in [0.1, 0.15) is 26.2 Å². The van der Waals surface area contributed by atoms with Crippen molar-refractivity contribution >= 4 is 11.8 Å². The fourth-order valence-corrected chi connectivity index (χ4v) is 1.87. The monoisotopic (exact) mass is 213 g/mol. The van der Waals surface area contributed by atoms with Crippen molar-refractivity contribution in [1.29, 1.82) is 0 Å². The SMILES string of the molecule is CCNC(=O)CNC(=O)C1CCCC1N. The van der Waals surface area contributed by atoms with Crippen molar-refractivity contribution < 1.29 is 9.59 Å². The van der Waals surface area contributed by atoms with E-state index in [1.807, 2.05) is 6.92 Å². The lowest BCUT2D eigenvalue weighted by Gasteiger charge is -2.14. The van der Waals surface area contributed by atoms with E-state index in [4.69, 9.17) is 5.73 Å². The van der Waals surface area contributed by atoms with Crippen molar-refractivity contribution in [3.8, 4) is 0 Å². The Morgan fingerprint density at radius 2 is 2.07 bits per heavy atom. The standard InChI is InChI=1S/C10H19N3O2/c1-2-12-9(14)6-13-10(15)7-4-3-5-8(7)11/h7-8H,2-6,11H2,1H3,(H,12,14)(H,13,15). The molecule has 1 fully saturated rings. The van der Waals surface area contributed by atoms with Gasteiger partial charge >= 0.3 is 0 Å². The lowest BCUT2D eigenvalue weighted by atomic mass is 10.0. The van der Waals surface area contributed by atoms with E-state index in [0.717, 1.165) is 19.3 Å². The average Bonchev–Trinajstić information content (AvgIpc) is 2.61. The highest BCUT2D eigenvalue weighted by atomic mass is 16.2. The molecule has 1 aliphatic rings. The van der Waals surface area contributed by atoms with Crippen LogP contribution in [-0.2, 0) is 9.59 Å². The molecule has 2 atom stereocenters. The molecule has 1 aliphatic carbocycles. The predicted molar refractivity (Wildman–Crippen MR) is 57.0 cm³/mol. The number of nitrogens with one attached hydrogen (secondary N) is 2. The van der Waals surface area contributed by atoms with Gasteiger partial charge in [-0.15, -0.1) is 0 Å². The van der Waals surface area contributed by atoms with E-state index in [9.17, 15) is 9.59 Å². The van der Waals surface area contributed by atoms with Crippen LogP contribution in [0.25, 0.3) is 0 Å². The van der Waals surface area contributed by atoms with Crippen molar-refractivity contribution in [2.24, 2.45) is 11.7 Å². The highest BCUT2D eigenvalue weighted by Gasteiger charge is 2.30.